The van der Waals surface area contributed by atoms with Gasteiger partial charge in [0.05, 0.1) is 12.0 Å². The van der Waals surface area contributed by atoms with Crippen molar-refractivity contribution in [3.05, 3.63) is 0 Å². The molecule has 1 fully saturated rings. The van der Waals surface area contributed by atoms with Crippen LogP contribution in [0.5, 0.6) is 0 Å². The molecule has 1 aliphatic carbocycles. The zero-order valence-corrected chi connectivity index (χ0v) is 11.4. The average molecular weight is 257 g/mol. The third-order valence-electron chi connectivity index (χ3n) is 3.62. The third kappa shape index (κ3) is 4.29. The van der Waals surface area contributed by atoms with E-state index in [0.29, 0.717) is 12.8 Å². The van der Waals surface area contributed by atoms with Crippen LogP contribution in [-0.4, -0.2) is 35.2 Å². The van der Waals surface area contributed by atoms with Crippen molar-refractivity contribution in [2.75, 3.05) is 7.11 Å². The lowest BCUT2D eigenvalue weighted by Crippen LogP contribution is -2.49. The van der Waals surface area contributed by atoms with Gasteiger partial charge < -0.3 is 15.2 Å². The van der Waals surface area contributed by atoms with Gasteiger partial charge in [-0.3, -0.25) is 9.59 Å². The molecule has 0 aromatic rings. The van der Waals surface area contributed by atoms with Gasteiger partial charge in [-0.15, -0.1) is 0 Å². The number of ether oxygens (including phenoxy) is 1. The Morgan fingerprint density at radius 2 is 2.00 bits per heavy atom. The summed E-state index contributed by atoms with van der Waals surface area (Å²) in [5.41, 5.74) is -0.777. The van der Waals surface area contributed by atoms with E-state index in [2.05, 4.69) is 5.32 Å². The summed E-state index contributed by atoms with van der Waals surface area (Å²) < 4.78 is 5.40. The fraction of sp³-hybridized carbons (Fsp3) is 0.846. The van der Waals surface area contributed by atoms with Gasteiger partial charge in [0.2, 0.25) is 5.91 Å². The summed E-state index contributed by atoms with van der Waals surface area (Å²) in [6.45, 7) is 3.68. The highest BCUT2D eigenvalue weighted by molar-refractivity contribution is 5.78. The van der Waals surface area contributed by atoms with E-state index in [9.17, 15) is 9.59 Å². The van der Waals surface area contributed by atoms with Crippen LogP contribution < -0.4 is 5.32 Å². The molecule has 0 aromatic carbocycles. The molecular weight excluding hydrogens is 234 g/mol. The van der Waals surface area contributed by atoms with Gasteiger partial charge in [-0.1, -0.05) is 0 Å². The smallest absolute Gasteiger partial charge is 0.303 e. The van der Waals surface area contributed by atoms with Crippen molar-refractivity contribution in [3.8, 4) is 0 Å². The molecule has 0 saturated heterocycles. The van der Waals surface area contributed by atoms with Crippen LogP contribution in [0, 0.1) is 0 Å². The van der Waals surface area contributed by atoms with Crippen molar-refractivity contribution < 1.29 is 19.4 Å². The fourth-order valence-corrected chi connectivity index (χ4v) is 2.22. The summed E-state index contributed by atoms with van der Waals surface area (Å²) in [5, 5.41) is 11.5. The van der Waals surface area contributed by atoms with Gasteiger partial charge in [0, 0.05) is 19.1 Å². The molecule has 2 N–H and O–H groups in total. The van der Waals surface area contributed by atoms with Gasteiger partial charge >= 0.3 is 5.97 Å². The van der Waals surface area contributed by atoms with Crippen LogP contribution in [0.25, 0.3) is 0 Å². The molecule has 0 heterocycles. The van der Waals surface area contributed by atoms with Crippen LogP contribution in [0.1, 0.15) is 52.4 Å². The summed E-state index contributed by atoms with van der Waals surface area (Å²) in [7, 11) is 1.64. The highest BCUT2D eigenvalue weighted by atomic mass is 16.5. The molecule has 0 aliphatic heterocycles. The third-order valence-corrected chi connectivity index (χ3v) is 3.62. The number of rotatable bonds is 7. The summed E-state index contributed by atoms with van der Waals surface area (Å²) in [6, 6.07) is 0. The highest BCUT2D eigenvalue weighted by Gasteiger charge is 2.39. The number of carboxylic acid groups (broad SMARTS) is 1. The van der Waals surface area contributed by atoms with Crippen LogP contribution in [0.2, 0.25) is 0 Å². The van der Waals surface area contributed by atoms with Crippen molar-refractivity contribution in [1.29, 1.82) is 0 Å². The lowest BCUT2D eigenvalue weighted by molar-refractivity contribution is -0.139. The number of methoxy groups -OCH3 is 1. The van der Waals surface area contributed by atoms with Crippen LogP contribution in [0.15, 0.2) is 0 Å². The maximum atomic E-state index is 11.9. The minimum absolute atomic E-state index is 0.0582. The summed E-state index contributed by atoms with van der Waals surface area (Å²) >= 11 is 0. The van der Waals surface area contributed by atoms with Crippen molar-refractivity contribution in [2.45, 2.75) is 63.5 Å². The maximum absolute atomic E-state index is 11.9. The number of carbonyl (C=O) groups is 2. The van der Waals surface area contributed by atoms with E-state index < -0.39 is 11.5 Å². The van der Waals surface area contributed by atoms with Gasteiger partial charge in [-0.05, 0) is 39.5 Å². The topological polar surface area (TPSA) is 75.6 Å². The van der Waals surface area contributed by atoms with Crippen molar-refractivity contribution in [3.63, 3.8) is 0 Å². The Balaban J connectivity index is 2.40. The Kier molecular flexibility index (Phi) is 4.73. The second-order valence-electron chi connectivity index (χ2n) is 5.74. The average Bonchev–Trinajstić information content (AvgIpc) is 2.20. The van der Waals surface area contributed by atoms with E-state index in [4.69, 9.17) is 9.84 Å². The first-order valence-electron chi connectivity index (χ1n) is 6.37. The number of carboxylic acids is 1. The zero-order chi connectivity index (χ0) is 13.8. The molecule has 1 amide bonds. The zero-order valence-electron chi connectivity index (χ0n) is 11.4. The van der Waals surface area contributed by atoms with Crippen LogP contribution in [0.3, 0.4) is 0 Å². The predicted octanol–water partition coefficient (Wildman–Crippen LogP) is 1.71. The Morgan fingerprint density at radius 1 is 1.39 bits per heavy atom. The first-order chi connectivity index (χ1) is 8.29. The van der Waals surface area contributed by atoms with Gasteiger partial charge in [-0.25, -0.2) is 0 Å². The van der Waals surface area contributed by atoms with Crippen molar-refractivity contribution in [1.82, 2.24) is 5.32 Å². The number of amides is 1. The number of aliphatic carboxylic acids is 1. The molecule has 5 heteroatoms. The minimum Gasteiger partial charge on any atom is -0.481 e. The number of hydrogen-bond acceptors (Lipinski definition) is 3. The summed E-state index contributed by atoms with van der Waals surface area (Å²) in [6.07, 6.45) is 3.79. The lowest BCUT2D eigenvalue weighted by Gasteiger charge is -2.40. The Hall–Kier alpha value is -1.10. The lowest BCUT2D eigenvalue weighted by atomic mass is 9.77. The fourth-order valence-electron chi connectivity index (χ4n) is 2.22. The standard InChI is InChI=1S/C13H23NO4/c1-12(2,8-5-11(16)17)14-10(15)9-13(18-3)6-4-7-13/h4-9H2,1-3H3,(H,14,15)(H,16,17). The molecule has 18 heavy (non-hydrogen) atoms. The Morgan fingerprint density at radius 3 is 2.39 bits per heavy atom. The maximum Gasteiger partial charge on any atom is 0.303 e. The quantitative estimate of drug-likeness (QED) is 0.728. The SMILES string of the molecule is COC1(CC(=O)NC(C)(C)CCC(=O)O)CCC1. The number of nitrogens with one attached hydrogen (secondary N) is 1. The molecule has 1 aliphatic rings. The van der Waals surface area contributed by atoms with Crippen LogP contribution in [-0.2, 0) is 14.3 Å². The molecule has 5 nitrogen and oxygen atoms in total. The molecule has 0 aromatic heterocycles. The van der Waals surface area contributed by atoms with E-state index in [0.717, 1.165) is 19.3 Å². The largest absolute Gasteiger partial charge is 0.481 e. The van der Waals surface area contributed by atoms with E-state index in [1.165, 1.54) is 0 Å². The number of carbonyl (C=O) groups excluding carboxylic acids is 1. The molecule has 0 unspecified atom stereocenters. The van der Waals surface area contributed by atoms with Gasteiger partial charge in [-0.2, -0.15) is 0 Å². The minimum atomic E-state index is -0.843. The molecule has 1 rings (SSSR count). The summed E-state index contributed by atoms with van der Waals surface area (Å²) in [5.74, 6) is -0.906. The van der Waals surface area contributed by atoms with E-state index in [1.54, 1.807) is 7.11 Å². The molecule has 1 saturated carbocycles. The second kappa shape index (κ2) is 5.69. The molecule has 104 valence electrons. The number of hydrogen-bond donors (Lipinski definition) is 2. The Bertz CT molecular complexity index is 315. The van der Waals surface area contributed by atoms with Gasteiger partial charge in [0.15, 0.2) is 0 Å². The molecular formula is C13H23NO4. The van der Waals surface area contributed by atoms with Crippen LogP contribution in [0.4, 0.5) is 0 Å². The normalized spacial score (nSPS) is 17.9. The molecule has 0 spiro atoms. The molecule has 0 radical (unpaired) electrons. The molecule has 0 bridgehead atoms. The highest BCUT2D eigenvalue weighted by Crippen LogP contribution is 2.38. The van der Waals surface area contributed by atoms with E-state index in [1.807, 2.05) is 13.8 Å². The van der Waals surface area contributed by atoms with Crippen molar-refractivity contribution in [2.24, 2.45) is 0 Å². The first kappa shape index (κ1) is 15.0. The van der Waals surface area contributed by atoms with E-state index in [-0.39, 0.29) is 17.9 Å². The van der Waals surface area contributed by atoms with Crippen LogP contribution >= 0.6 is 0 Å². The summed E-state index contributed by atoms with van der Waals surface area (Å²) in [4.78, 5) is 22.5. The monoisotopic (exact) mass is 257 g/mol. The van der Waals surface area contributed by atoms with E-state index >= 15 is 0 Å². The first-order valence-corrected chi connectivity index (χ1v) is 6.37. The predicted molar refractivity (Wildman–Crippen MR) is 67.3 cm³/mol. The Labute approximate surface area is 108 Å². The van der Waals surface area contributed by atoms with Gasteiger partial charge in [0.25, 0.3) is 0 Å². The van der Waals surface area contributed by atoms with Crippen molar-refractivity contribution >= 4 is 11.9 Å². The van der Waals surface area contributed by atoms with Gasteiger partial charge in [0.1, 0.15) is 0 Å². The molecule has 0 atom stereocenters. The second-order valence-corrected chi connectivity index (χ2v) is 5.74.